The molecular weight excluding hydrogens is 230 g/mol. The van der Waals surface area contributed by atoms with Crippen LogP contribution in [0.25, 0.3) is 11.4 Å². The Morgan fingerprint density at radius 1 is 1.56 bits per heavy atom. The van der Waals surface area contributed by atoms with Crippen LogP contribution in [0.5, 0.6) is 0 Å². The second kappa shape index (κ2) is 4.20. The van der Waals surface area contributed by atoms with Crippen LogP contribution < -0.4 is 5.32 Å². The second-order valence-electron chi connectivity index (χ2n) is 4.89. The average Bonchev–Trinajstić information content (AvgIpc) is 3.08. The van der Waals surface area contributed by atoms with Gasteiger partial charge in [-0.15, -0.1) is 0 Å². The Kier molecular flexibility index (Phi) is 2.66. The van der Waals surface area contributed by atoms with Gasteiger partial charge >= 0.3 is 0 Å². The highest BCUT2D eigenvalue weighted by molar-refractivity contribution is 5.51. The smallest absolute Gasteiger partial charge is 0.234 e. The second-order valence-corrected chi connectivity index (χ2v) is 4.89. The van der Waals surface area contributed by atoms with E-state index < -0.39 is 0 Å². The predicted molar refractivity (Wildman–Crippen MR) is 66.0 cm³/mol. The number of aryl methyl sites for hydroxylation is 1. The summed E-state index contributed by atoms with van der Waals surface area (Å²) < 4.78 is 7.20. The minimum Gasteiger partial charge on any atom is -0.338 e. The zero-order chi connectivity index (χ0) is 12.6. The van der Waals surface area contributed by atoms with Gasteiger partial charge in [0.2, 0.25) is 11.7 Å². The van der Waals surface area contributed by atoms with Crippen LogP contribution >= 0.6 is 0 Å². The first kappa shape index (κ1) is 11.4. The van der Waals surface area contributed by atoms with Gasteiger partial charge < -0.3 is 9.84 Å². The van der Waals surface area contributed by atoms with Crippen molar-refractivity contribution in [2.75, 3.05) is 13.1 Å². The van der Waals surface area contributed by atoms with Crippen molar-refractivity contribution < 1.29 is 4.52 Å². The highest BCUT2D eigenvalue weighted by Gasteiger charge is 2.39. The van der Waals surface area contributed by atoms with Crippen molar-refractivity contribution in [3.63, 3.8) is 0 Å². The third-order valence-electron chi connectivity index (χ3n) is 3.76. The standard InChI is InChI=1S/C12H17N5O/c1-3-12(4-5-13-8-12)11-15-10(16-18-11)9-6-14-17(2)7-9/h6-7,13H,3-5,8H2,1-2H3. The van der Waals surface area contributed by atoms with E-state index in [0.717, 1.165) is 37.4 Å². The Balaban J connectivity index is 1.93. The topological polar surface area (TPSA) is 68.8 Å². The van der Waals surface area contributed by atoms with Gasteiger partial charge in [-0.25, -0.2) is 0 Å². The average molecular weight is 247 g/mol. The van der Waals surface area contributed by atoms with Crippen LogP contribution in [0.2, 0.25) is 0 Å². The fourth-order valence-corrected chi connectivity index (χ4v) is 2.47. The van der Waals surface area contributed by atoms with Crippen LogP contribution in [0, 0.1) is 0 Å². The van der Waals surface area contributed by atoms with Gasteiger partial charge in [0.05, 0.1) is 17.2 Å². The van der Waals surface area contributed by atoms with Gasteiger partial charge in [-0.05, 0) is 19.4 Å². The molecule has 1 N–H and O–H groups in total. The molecule has 2 aromatic rings. The number of hydrogen-bond acceptors (Lipinski definition) is 5. The molecule has 0 bridgehead atoms. The summed E-state index contributed by atoms with van der Waals surface area (Å²) in [5.74, 6) is 1.37. The SMILES string of the molecule is CCC1(c2nc(-c3cnn(C)c3)no2)CCNC1. The van der Waals surface area contributed by atoms with Crippen LogP contribution in [0.15, 0.2) is 16.9 Å². The lowest BCUT2D eigenvalue weighted by Crippen LogP contribution is -2.28. The molecule has 1 atom stereocenters. The Morgan fingerprint density at radius 2 is 2.44 bits per heavy atom. The maximum atomic E-state index is 5.47. The van der Waals surface area contributed by atoms with Gasteiger partial charge in [0, 0.05) is 19.8 Å². The van der Waals surface area contributed by atoms with Crippen LogP contribution in [-0.2, 0) is 12.5 Å². The zero-order valence-corrected chi connectivity index (χ0v) is 10.7. The van der Waals surface area contributed by atoms with Crippen molar-refractivity contribution in [3.8, 4) is 11.4 Å². The molecule has 1 fully saturated rings. The van der Waals surface area contributed by atoms with Gasteiger partial charge in [-0.3, -0.25) is 4.68 Å². The van der Waals surface area contributed by atoms with Gasteiger partial charge in [0.25, 0.3) is 0 Å². The summed E-state index contributed by atoms with van der Waals surface area (Å²) in [5.41, 5.74) is 0.901. The summed E-state index contributed by atoms with van der Waals surface area (Å²) in [6.07, 6.45) is 5.70. The summed E-state index contributed by atoms with van der Waals surface area (Å²) in [5, 5.41) is 11.6. The van der Waals surface area contributed by atoms with E-state index in [0.29, 0.717) is 5.82 Å². The lowest BCUT2D eigenvalue weighted by Gasteiger charge is -2.20. The number of rotatable bonds is 3. The van der Waals surface area contributed by atoms with Gasteiger partial charge in [0.15, 0.2) is 0 Å². The maximum Gasteiger partial charge on any atom is 0.234 e. The highest BCUT2D eigenvalue weighted by Crippen LogP contribution is 2.33. The lowest BCUT2D eigenvalue weighted by atomic mass is 9.84. The molecule has 1 aliphatic rings. The highest BCUT2D eigenvalue weighted by atomic mass is 16.5. The molecule has 3 heterocycles. The van der Waals surface area contributed by atoms with E-state index in [1.54, 1.807) is 10.9 Å². The predicted octanol–water partition coefficient (Wildman–Crippen LogP) is 1.11. The number of nitrogens with zero attached hydrogens (tertiary/aromatic N) is 4. The van der Waals surface area contributed by atoms with Crippen LogP contribution in [-0.4, -0.2) is 33.0 Å². The molecule has 0 spiro atoms. The van der Waals surface area contributed by atoms with E-state index >= 15 is 0 Å². The first-order chi connectivity index (χ1) is 8.73. The molecule has 6 nitrogen and oxygen atoms in total. The third-order valence-corrected chi connectivity index (χ3v) is 3.76. The minimum absolute atomic E-state index is 0.00740. The summed E-state index contributed by atoms with van der Waals surface area (Å²) in [7, 11) is 1.87. The van der Waals surface area contributed by atoms with Crippen LogP contribution in [0.3, 0.4) is 0 Å². The number of hydrogen-bond donors (Lipinski definition) is 1. The van der Waals surface area contributed by atoms with E-state index in [-0.39, 0.29) is 5.41 Å². The van der Waals surface area contributed by atoms with Crippen molar-refractivity contribution in [3.05, 3.63) is 18.3 Å². The number of aromatic nitrogens is 4. The fraction of sp³-hybridized carbons (Fsp3) is 0.583. The normalized spacial score (nSPS) is 23.7. The van der Waals surface area contributed by atoms with E-state index in [1.165, 1.54) is 0 Å². The largest absolute Gasteiger partial charge is 0.338 e. The quantitative estimate of drug-likeness (QED) is 0.880. The molecule has 0 aliphatic carbocycles. The van der Waals surface area contributed by atoms with Crippen molar-refractivity contribution in [2.24, 2.45) is 7.05 Å². The molecule has 18 heavy (non-hydrogen) atoms. The maximum absolute atomic E-state index is 5.47. The van der Waals surface area contributed by atoms with Crippen molar-refractivity contribution >= 4 is 0 Å². The van der Waals surface area contributed by atoms with E-state index in [2.05, 4.69) is 27.5 Å². The van der Waals surface area contributed by atoms with E-state index in [9.17, 15) is 0 Å². The zero-order valence-electron chi connectivity index (χ0n) is 10.7. The molecule has 96 valence electrons. The molecule has 3 rings (SSSR count). The first-order valence-corrected chi connectivity index (χ1v) is 6.27. The Bertz CT molecular complexity index is 538. The third kappa shape index (κ3) is 1.73. The molecule has 1 saturated heterocycles. The molecule has 0 amide bonds. The molecule has 6 heteroatoms. The van der Waals surface area contributed by atoms with Crippen LogP contribution in [0.1, 0.15) is 25.7 Å². The summed E-state index contributed by atoms with van der Waals surface area (Å²) in [6, 6.07) is 0. The first-order valence-electron chi connectivity index (χ1n) is 6.27. The minimum atomic E-state index is 0.00740. The van der Waals surface area contributed by atoms with Gasteiger partial charge in [-0.1, -0.05) is 12.1 Å². The molecular formula is C12H17N5O. The molecule has 0 radical (unpaired) electrons. The number of nitrogens with one attached hydrogen (secondary N) is 1. The lowest BCUT2D eigenvalue weighted by molar-refractivity contribution is 0.285. The van der Waals surface area contributed by atoms with Crippen LogP contribution in [0.4, 0.5) is 0 Å². The molecule has 1 aliphatic heterocycles. The summed E-state index contributed by atoms with van der Waals surface area (Å²) in [4.78, 5) is 4.55. The van der Waals surface area contributed by atoms with E-state index in [4.69, 9.17) is 4.52 Å². The van der Waals surface area contributed by atoms with Gasteiger partial charge in [-0.2, -0.15) is 10.1 Å². The fourth-order valence-electron chi connectivity index (χ4n) is 2.47. The summed E-state index contributed by atoms with van der Waals surface area (Å²) in [6.45, 7) is 4.09. The van der Waals surface area contributed by atoms with E-state index in [1.807, 2.05) is 13.2 Å². The monoisotopic (exact) mass is 247 g/mol. The molecule has 2 aromatic heterocycles. The Hall–Kier alpha value is -1.69. The van der Waals surface area contributed by atoms with Crippen molar-refractivity contribution in [1.29, 1.82) is 0 Å². The van der Waals surface area contributed by atoms with Crippen molar-refractivity contribution in [2.45, 2.75) is 25.2 Å². The summed E-state index contributed by atoms with van der Waals surface area (Å²) >= 11 is 0. The molecule has 0 aromatic carbocycles. The molecule has 1 unspecified atom stereocenters. The van der Waals surface area contributed by atoms with Gasteiger partial charge in [0.1, 0.15) is 0 Å². The Labute approximate surface area is 105 Å². The molecule has 0 saturated carbocycles. The van der Waals surface area contributed by atoms with Crippen molar-refractivity contribution in [1.82, 2.24) is 25.2 Å². The Morgan fingerprint density at radius 3 is 3.06 bits per heavy atom.